The van der Waals surface area contributed by atoms with E-state index in [-0.39, 0.29) is 17.2 Å². The quantitative estimate of drug-likeness (QED) is 0.841. The lowest BCUT2D eigenvalue weighted by Crippen LogP contribution is -2.39. The zero-order chi connectivity index (χ0) is 13.8. The van der Waals surface area contributed by atoms with Crippen LogP contribution in [0.2, 0.25) is 0 Å². The molecule has 0 aliphatic carbocycles. The van der Waals surface area contributed by atoms with E-state index in [1.54, 1.807) is 0 Å². The number of hydrogen-bond acceptors (Lipinski definition) is 1. The summed E-state index contributed by atoms with van der Waals surface area (Å²) in [7, 11) is 0. The van der Waals surface area contributed by atoms with Crippen molar-refractivity contribution in [1.82, 2.24) is 5.32 Å². The van der Waals surface area contributed by atoms with Crippen molar-refractivity contribution in [1.29, 1.82) is 0 Å². The lowest BCUT2D eigenvalue weighted by molar-refractivity contribution is 0.360. The maximum Gasteiger partial charge on any atom is 0.126 e. The minimum atomic E-state index is -0.370. The molecule has 1 N–H and O–H groups in total. The molecule has 0 bridgehead atoms. The van der Waals surface area contributed by atoms with Crippen LogP contribution in [0.4, 0.5) is 8.78 Å². The fourth-order valence-corrected chi connectivity index (χ4v) is 1.82. The van der Waals surface area contributed by atoms with Crippen molar-refractivity contribution in [3.05, 3.63) is 35.4 Å². The van der Waals surface area contributed by atoms with E-state index >= 15 is 0 Å². The number of halogens is 2. The minimum Gasteiger partial charge on any atom is -0.312 e. The van der Waals surface area contributed by atoms with Gasteiger partial charge in [-0.3, -0.25) is 0 Å². The van der Waals surface area contributed by atoms with Gasteiger partial charge in [-0.25, -0.2) is 8.78 Å². The first-order valence-corrected chi connectivity index (χ1v) is 6.50. The summed E-state index contributed by atoms with van der Waals surface area (Å²) in [6.45, 7) is 9.19. The molecule has 0 aromatic heterocycles. The lowest BCUT2D eigenvalue weighted by Gasteiger charge is -2.25. The molecule has 0 aliphatic rings. The molecule has 1 unspecified atom stereocenters. The molecule has 102 valence electrons. The maximum atomic E-state index is 13.6. The molecule has 1 nitrogen and oxygen atoms in total. The Morgan fingerprint density at radius 2 is 1.89 bits per heavy atom. The van der Waals surface area contributed by atoms with Crippen molar-refractivity contribution in [2.45, 2.75) is 46.1 Å². The molecule has 0 spiro atoms. The van der Waals surface area contributed by atoms with Gasteiger partial charge in [-0.2, -0.15) is 0 Å². The molecule has 0 saturated heterocycles. The molecule has 18 heavy (non-hydrogen) atoms. The third-order valence-electron chi connectivity index (χ3n) is 3.01. The molecule has 0 aliphatic heterocycles. The molecule has 0 amide bonds. The Morgan fingerprint density at radius 1 is 1.22 bits per heavy atom. The summed E-state index contributed by atoms with van der Waals surface area (Å²) in [6, 6.07) is 3.66. The Kier molecular flexibility index (Phi) is 5.27. The van der Waals surface area contributed by atoms with Crippen molar-refractivity contribution >= 4 is 0 Å². The maximum absolute atomic E-state index is 13.6. The van der Waals surface area contributed by atoms with Gasteiger partial charge in [-0.15, -0.1) is 0 Å². The number of nitrogens with one attached hydrogen (secondary N) is 1. The van der Waals surface area contributed by atoms with E-state index in [1.807, 2.05) is 0 Å². The molecule has 3 heteroatoms. The van der Waals surface area contributed by atoms with Crippen LogP contribution in [0.15, 0.2) is 18.2 Å². The van der Waals surface area contributed by atoms with Gasteiger partial charge in [0.2, 0.25) is 0 Å². The Labute approximate surface area is 109 Å². The predicted octanol–water partition coefficient (Wildman–Crippen LogP) is 3.92. The van der Waals surface area contributed by atoms with E-state index in [9.17, 15) is 8.78 Å². The minimum absolute atomic E-state index is 0.0495. The summed E-state index contributed by atoms with van der Waals surface area (Å²) >= 11 is 0. The highest BCUT2D eigenvalue weighted by molar-refractivity contribution is 5.19. The summed E-state index contributed by atoms with van der Waals surface area (Å²) < 4.78 is 26.6. The SMILES string of the molecule is CCC(CNC(C)(C)C)Cc1cc(F)ccc1F. The largest absolute Gasteiger partial charge is 0.312 e. The molecule has 1 aromatic carbocycles. The van der Waals surface area contributed by atoms with Crippen molar-refractivity contribution in [2.24, 2.45) is 5.92 Å². The normalized spacial score (nSPS) is 13.7. The fraction of sp³-hybridized carbons (Fsp3) is 0.600. The van der Waals surface area contributed by atoms with E-state index in [0.717, 1.165) is 19.0 Å². The first kappa shape index (κ1) is 15.1. The highest BCUT2D eigenvalue weighted by Gasteiger charge is 2.15. The van der Waals surface area contributed by atoms with Gasteiger partial charge in [0.05, 0.1) is 0 Å². The van der Waals surface area contributed by atoms with E-state index in [1.165, 1.54) is 12.1 Å². The zero-order valence-electron chi connectivity index (χ0n) is 11.7. The Morgan fingerprint density at radius 3 is 2.44 bits per heavy atom. The molecule has 0 heterocycles. The van der Waals surface area contributed by atoms with E-state index in [2.05, 4.69) is 33.0 Å². The molecule has 0 radical (unpaired) electrons. The van der Waals surface area contributed by atoms with Crippen LogP contribution in [0.25, 0.3) is 0 Å². The second-order valence-electron chi connectivity index (χ2n) is 5.85. The van der Waals surface area contributed by atoms with Gasteiger partial charge in [-0.1, -0.05) is 13.3 Å². The van der Waals surface area contributed by atoms with Gasteiger partial charge in [0.1, 0.15) is 11.6 Å². The first-order chi connectivity index (χ1) is 8.31. The average Bonchev–Trinajstić information content (AvgIpc) is 2.27. The molecular weight excluding hydrogens is 232 g/mol. The van der Waals surface area contributed by atoms with Gasteiger partial charge in [-0.05, 0) is 63.4 Å². The molecule has 0 saturated carbocycles. The summed E-state index contributed by atoms with van der Waals surface area (Å²) in [4.78, 5) is 0. The van der Waals surface area contributed by atoms with Gasteiger partial charge in [0.25, 0.3) is 0 Å². The Bertz CT molecular complexity index is 383. The van der Waals surface area contributed by atoms with Crippen LogP contribution in [-0.4, -0.2) is 12.1 Å². The standard InChI is InChI=1S/C15H23F2N/c1-5-11(10-18-15(2,3)4)8-12-9-13(16)6-7-14(12)17/h6-7,9,11,18H,5,8,10H2,1-4H3. The molecule has 1 atom stereocenters. The van der Waals surface area contributed by atoms with Crippen LogP contribution in [0.5, 0.6) is 0 Å². The van der Waals surface area contributed by atoms with Crippen LogP contribution in [0, 0.1) is 17.6 Å². The van der Waals surface area contributed by atoms with Gasteiger partial charge >= 0.3 is 0 Å². The fourth-order valence-electron chi connectivity index (χ4n) is 1.82. The van der Waals surface area contributed by atoms with Crippen molar-refractivity contribution < 1.29 is 8.78 Å². The number of benzene rings is 1. The Hall–Kier alpha value is -0.960. The second-order valence-corrected chi connectivity index (χ2v) is 5.85. The molecule has 1 aromatic rings. The Balaban J connectivity index is 2.65. The third-order valence-corrected chi connectivity index (χ3v) is 3.01. The van der Waals surface area contributed by atoms with Crippen LogP contribution >= 0.6 is 0 Å². The average molecular weight is 255 g/mol. The first-order valence-electron chi connectivity index (χ1n) is 6.50. The predicted molar refractivity (Wildman–Crippen MR) is 71.6 cm³/mol. The number of hydrogen-bond donors (Lipinski definition) is 1. The van der Waals surface area contributed by atoms with Crippen molar-refractivity contribution in [2.75, 3.05) is 6.54 Å². The summed E-state index contributed by atoms with van der Waals surface area (Å²) in [6.07, 6.45) is 1.52. The van der Waals surface area contributed by atoms with Crippen LogP contribution < -0.4 is 5.32 Å². The monoisotopic (exact) mass is 255 g/mol. The highest BCUT2D eigenvalue weighted by Crippen LogP contribution is 2.17. The van der Waals surface area contributed by atoms with Crippen LogP contribution in [-0.2, 0) is 6.42 Å². The lowest BCUT2D eigenvalue weighted by atomic mass is 9.95. The van der Waals surface area contributed by atoms with Gasteiger partial charge < -0.3 is 5.32 Å². The van der Waals surface area contributed by atoms with Crippen molar-refractivity contribution in [3.63, 3.8) is 0 Å². The van der Waals surface area contributed by atoms with Crippen molar-refractivity contribution in [3.8, 4) is 0 Å². The topological polar surface area (TPSA) is 12.0 Å². The molecule has 0 fully saturated rings. The molecule has 1 rings (SSSR count). The highest BCUT2D eigenvalue weighted by atomic mass is 19.1. The smallest absolute Gasteiger partial charge is 0.126 e. The summed E-state index contributed by atoms with van der Waals surface area (Å²) in [5, 5.41) is 3.41. The van der Waals surface area contributed by atoms with Gasteiger partial charge in [0.15, 0.2) is 0 Å². The third kappa shape index (κ3) is 5.13. The summed E-state index contributed by atoms with van der Waals surface area (Å²) in [5.74, 6) is -0.365. The van der Waals surface area contributed by atoms with Gasteiger partial charge in [0, 0.05) is 5.54 Å². The second kappa shape index (κ2) is 6.28. The molecular formula is C15H23F2N. The van der Waals surface area contributed by atoms with Crippen LogP contribution in [0.1, 0.15) is 39.7 Å². The van der Waals surface area contributed by atoms with E-state index in [0.29, 0.717) is 17.9 Å². The summed E-state index contributed by atoms with van der Waals surface area (Å²) in [5.41, 5.74) is 0.519. The van der Waals surface area contributed by atoms with E-state index in [4.69, 9.17) is 0 Å². The van der Waals surface area contributed by atoms with Crippen LogP contribution in [0.3, 0.4) is 0 Å². The van der Waals surface area contributed by atoms with E-state index < -0.39 is 0 Å². The zero-order valence-corrected chi connectivity index (χ0v) is 11.7. The number of rotatable bonds is 5.